The Morgan fingerprint density at radius 2 is 1.24 bits per heavy atom. The van der Waals surface area contributed by atoms with Gasteiger partial charge < -0.3 is 10.6 Å². The van der Waals surface area contributed by atoms with Crippen LogP contribution in [0.15, 0.2) is 0 Å². The highest BCUT2D eigenvalue weighted by molar-refractivity contribution is 4.55. The van der Waals surface area contributed by atoms with Crippen molar-refractivity contribution in [1.82, 2.24) is 10.6 Å². The minimum Gasteiger partial charge on any atom is -0.317 e. The van der Waals surface area contributed by atoms with Gasteiger partial charge in [-0.2, -0.15) is 0 Å². The third kappa shape index (κ3) is 15.9. The first-order chi connectivity index (χ1) is 8.27. The number of hydrogen-bond donors (Lipinski definition) is 2. The molecule has 0 saturated carbocycles. The predicted molar refractivity (Wildman–Crippen MR) is 78.6 cm³/mol. The van der Waals surface area contributed by atoms with Gasteiger partial charge in [-0.15, -0.1) is 0 Å². The van der Waals surface area contributed by atoms with E-state index in [0.717, 1.165) is 6.54 Å². The third-order valence-electron chi connectivity index (χ3n) is 3.04. The summed E-state index contributed by atoms with van der Waals surface area (Å²) in [4.78, 5) is 0. The average molecular weight is 242 g/mol. The van der Waals surface area contributed by atoms with Crippen LogP contribution in [0, 0.1) is 0 Å². The minimum absolute atomic E-state index is 0.631. The van der Waals surface area contributed by atoms with Crippen LogP contribution in [0.25, 0.3) is 0 Å². The van der Waals surface area contributed by atoms with Crippen molar-refractivity contribution in [2.75, 3.05) is 19.6 Å². The molecule has 0 aromatic rings. The SMILES string of the molecule is CCCCCCCCNCCCCNC(C)C. The normalized spacial score (nSPS) is 11.3. The largest absolute Gasteiger partial charge is 0.317 e. The highest BCUT2D eigenvalue weighted by Crippen LogP contribution is 2.03. The molecular formula is C15H34N2. The summed E-state index contributed by atoms with van der Waals surface area (Å²) in [6.07, 6.45) is 11.0. The molecule has 2 heteroatoms. The first-order valence-corrected chi connectivity index (χ1v) is 7.71. The summed E-state index contributed by atoms with van der Waals surface area (Å²) >= 11 is 0. The van der Waals surface area contributed by atoms with Gasteiger partial charge in [0.2, 0.25) is 0 Å². The fourth-order valence-electron chi connectivity index (χ4n) is 1.92. The summed E-state index contributed by atoms with van der Waals surface area (Å²) in [7, 11) is 0. The molecule has 0 aliphatic heterocycles. The Morgan fingerprint density at radius 3 is 1.88 bits per heavy atom. The molecule has 0 fully saturated rings. The Kier molecular flexibility index (Phi) is 13.9. The first kappa shape index (κ1) is 16.9. The van der Waals surface area contributed by atoms with Gasteiger partial charge >= 0.3 is 0 Å². The van der Waals surface area contributed by atoms with Crippen LogP contribution in [0.3, 0.4) is 0 Å². The van der Waals surface area contributed by atoms with Crippen LogP contribution in [-0.4, -0.2) is 25.7 Å². The molecule has 2 N–H and O–H groups in total. The number of hydrogen-bond acceptors (Lipinski definition) is 2. The van der Waals surface area contributed by atoms with E-state index in [9.17, 15) is 0 Å². The van der Waals surface area contributed by atoms with E-state index in [4.69, 9.17) is 0 Å². The van der Waals surface area contributed by atoms with Gasteiger partial charge in [-0.1, -0.05) is 52.9 Å². The molecule has 0 aliphatic carbocycles. The van der Waals surface area contributed by atoms with Crippen molar-refractivity contribution in [3.63, 3.8) is 0 Å². The Labute approximate surface area is 109 Å². The van der Waals surface area contributed by atoms with Crippen molar-refractivity contribution in [3.05, 3.63) is 0 Å². The van der Waals surface area contributed by atoms with Crippen molar-refractivity contribution in [1.29, 1.82) is 0 Å². The first-order valence-electron chi connectivity index (χ1n) is 7.71. The van der Waals surface area contributed by atoms with Gasteiger partial charge in [0.05, 0.1) is 0 Å². The maximum Gasteiger partial charge on any atom is 0.00103 e. The van der Waals surface area contributed by atoms with E-state index in [0.29, 0.717) is 6.04 Å². The van der Waals surface area contributed by atoms with Crippen molar-refractivity contribution < 1.29 is 0 Å². The Morgan fingerprint density at radius 1 is 0.706 bits per heavy atom. The smallest absolute Gasteiger partial charge is 0.00103 e. The number of rotatable bonds is 13. The molecule has 0 rings (SSSR count). The van der Waals surface area contributed by atoms with E-state index < -0.39 is 0 Å². The molecule has 0 amide bonds. The Balaban J connectivity index is 2.89. The molecule has 0 aliphatic rings. The third-order valence-corrected chi connectivity index (χ3v) is 3.04. The van der Waals surface area contributed by atoms with Gasteiger partial charge in [0.1, 0.15) is 0 Å². The molecule has 104 valence electrons. The summed E-state index contributed by atoms with van der Waals surface area (Å²) < 4.78 is 0. The standard InChI is InChI=1S/C15H34N2/c1-4-5-6-7-8-9-12-16-13-10-11-14-17-15(2)3/h15-17H,4-14H2,1-3H3. The van der Waals surface area contributed by atoms with Crippen molar-refractivity contribution in [2.24, 2.45) is 0 Å². The maximum atomic E-state index is 3.54. The lowest BCUT2D eigenvalue weighted by Gasteiger charge is -2.08. The van der Waals surface area contributed by atoms with E-state index in [-0.39, 0.29) is 0 Å². The number of nitrogens with one attached hydrogen (secondary N) is 2. The second-order valence-electron chi connectivity index (χ2n) is 5.33. The fraction of sp³-hybridized carbons (Fsp3) is 1.00. The summed E-state index contributed by atoms with van der Waals surface area (Å²) in [5.74, 6) is 0. The van der Waals surface area contributed by atoms with Crippen molar-refractivity contribution in [3.8, 4) is 0 Å². The zero-order chi connectivity index (χ0) is 12.8. The minimum atomic E-state index is 0.631. The van der Waals surface area contributed by atoms with Gasteiger partial charge in [0.15, 0.2) is 0 Å². The zero-order valence-electron chi connectivity index (χ0n) is 12.4. The van der Waals surface area contributed by atoms with Crippen molar-refractivity contribution in [2.45, 2.75) is 78.2 Å². The van der Waals surface area contributed by atoms with Crippen LogP contribution in [0.1, 0.15) is 72.1 Å². The molecule has 0 spiro atoms. The predicted octanol–water partition coefficient (Wildman–Crippen LogP) is 3.71. The van der Waals surface area contributed by atoms with Gasteiger partial charge in [-0.05, 0) is 38.9 Å². The molecule has 0 bridgehead atoms. The van der Waals surface area contributed by atoms with E-state index in [2.05, 4.69) is 31.4 Å². The van der Waals surface area contributed by atoms with Crippen LogP contribution >= 0.6 is 0 Å². The van der Waals surface area contributed by atoms with Gasteiger partial charge in [-0.25, -0.2) is 0 Å². The lowest BCUT2D eigenvalue weighted by Crippen LogP contribution is -2.24. The molecule has 0 atom stereocenters. The van der Waals surface area contributed by atoms with Crippen molar-refractivity contribution >= 4 is 0 Å². The summed E-state index contributed by atoms with van der Waals surface area (Å²) in [6, 6.07) is 0.631. The van der Waals surface area contributed by atoms with Gasteiger partial charge in [0.25, 0.3) is 0 Å². The molecular weight excluding hydrogens is 208 g/mol. The summed E-state index contributed by atoms with van der Waals surface area (Å²) in [5, 5.41) is 6.99. The molecule has 0 radical (unpaired) electrons. The average Bonchev–Trinajstić information content (AvgIpc) is 2.30. The second-order valence-corrected chi connectivity index (χ2v) is 5.33. The quantitative estimate of drug-likeness (QED) is 0.481. The highest BCUT2D eigenvalue weighted by Gasteiger charge is 1.93. The fourth-order valence-corrected chi connectivity index (χ4v) is 1.92. The molecule has 0 aromatic carbocycles. The van der Waals surface area contributed by atoms with Gasteiger partial charge in [-0.3, -0.25) is 0 Å². The van der Waals surface area contributed by atoms with E-state index in [1.165, 1.54) is 64.5 Å². The summed E-state index contributed by atoms with van der Waals surface area (Å²) in [6.45, 7) is 10.2. The maximum absolute atomic E-state index is 3.54. The molecule has 0 unspecified atom stereocenters. The van der Waals surface area contributed by atoms with Gasteiger partial charge in [0, 0.05) is 6.04 Å². The van der Waals surface area contributed by atoms with E-state index >= 15 is 0 Å². The highest BCUT2D eigenvalue weighted by atomic mass is 14.9. The molecule has 17 heavy (non-hydrogen) atoms. The molecule has 0 heterocycles. The van der Waals surface area contributed by atoms with Crippen LogP contribution < -0.4 is 10.6 Å². The molecule has 0 saturated heterocycles. The van der Waals surface area contributed by atoms with E-state index in [1.807, 2.05) is 0 Å². The molecule has 0 aromatic heterocycles. The zero-order valence-corrected chi connectivity index (χ0v) is 12.4. The topological polar surface area (TPSA) is 24.1 Å². The Bertz CT molecular complexity index is 135. The summed E-state index contributed by atoms with van der Waals surface area (Å²) in [5.41, 5.74) is 0. The Hall–Kier alpha value is -0.0800. The lowest BCUT2D eigenvalue weighted by atomic mass is 10.1. The lowest BCUT2D eigenvalue weighted by molar-refractivity contribution is 0.529. The monoisotopic (exact) mass is 242 g/mol. The number of unbranched alkanes of at least 4 members (excludes halogenated alkanes) is 6. The van der Waals surface area contributed by atoms with Crippen LogP contribution in [0.5, 0.6) is 0 Å². The second kappa shape index (κ2) is 14.0. The van der Waals surface area contributed by atoms with E-state index in [1.54, 1.807) is 0 Å². The van der Waals surface area contributed by atoms with Crippen LogP contribution in [-0.2, 0) is 0 Å². The van der Waals surface area contributed by atoms with Crippen LogP contribution in [0.2, 0.25) is 0 Å². The molecule has 2 nitrogen and oxygen atoms in total. The van der Waals surface area contributed by atoms with Crippen LogP contribution in [0.4, 0.5) is 0 Å².